The first-order chi connectivity index (χ1) is 11.1. The van der Waals surface area contributed by atoms with Crippen LogP contribution in [0.15, 0.2) is 0 Å². The Morgan fingerprint density at radius 1 is 1.08 bits per heavy atom. The molecule has 25 heavy (non-hydrogen) atoms. The van der Waals surface area contributed by atoms with Crippen LogP contribution in [-0.2, 0) is 9.59 Å². The minimum atomic E-state index is 0. The highest BCUT2D eigenvalue weighted by atomic mass is 35.5. The van der Waals surface area contributed by atoms with Gasteiger partial charge in [-0.3, -0.25) is 14.5 Å². The monoisotopic (exact) mass is 396 g/mol. The molecule has 6 nitrogen and oxygen atoms in total. The van der Waals surface area contributed by atoms with Crippen LogP contribution in [0.3, 0.4) is 0 Å². The lowest BCUT2D eigenvalue weighted by molar-refractivity contribution is -0.133. The van der Waals surface area contributed by atoms with Crippen molar-refractivity contribution in [1.82, 2.24) is 20.4 Å². The molecule has 0 aromatic rings. The average Bonchev–Trinajstić information content (AvgIpc) is 2.53. The predicted octanol–water partition coefficient (Wildman–Crippen LogP) is 1.28. The van der Waals surface area contributed by atoms with Gasteiger partial charge in [-0.1, -0.05) is 19.8 Å². The normalized spacial score (nSPS) is 24.0. The van der Waals surface area contributed by atoms with Gasteiger partial charge >= 0.3 is 0 Å². The Balaban J connectivity index is 0.00000288. The molecule has 2 aliphatic rings. The van der Waals surface area contributed by atoms with Crippen LogP contribution in [0.25, 0.3) is 0 Å². The highest BCUT2D eigenvalue weighted by Crippen LogP contribution is 2.23. The van der Waals surface area contributed by atoms with Crippen LogP contribution in [0.1, 0.15) is 39.0 Å². The third-order valence-electron chi connectivity index (χ3n) is 4.98. The van der Waals surface area contributed by atoms with Gasteiger partial charge in [0.1, 0.15) is 0 Å². The van der Waals surface area contributed by atoms with Gasteiger partial charge in [-0.25, -0.2) is 0 Å². The van der Waals surface area contributed by atoms with E-state index in [0.29, 0.717) is 19.0 Å². The second-order valence-electron chi connectivity index (χ2n) is 7.05. The molecule has 2 N–H and O–H groups in total. The van der Waals surface area contributed by atoms with E-state index in [9.17, 15) is 9.59 Å². The number of halogens is 2. The summed E-state index contributed by atoms with van der Waals surface area (Å²) in [7, 11) is 1.86. The molecule has 2 rings (SSSR count). The maximum Gasteiger partial charge on any atom is 0.234 e. The summed E-state index contributed by atoms with van der Waals surface area (Å²) in [6, 6.07) is 0.357. The number of carbonyl (C=O) groups excluding carboxylic acids is 2. The summed E-state index contributed by atoms with van der Waals surface area (Å²) in [5, 5.41) is 6.19. The first-order valence-electron chi connectivity index (χ1n) is 9.02. The summed E-state index contributed by atoms with van der Waals surface area (Å²) >= 11 is 0. The minimum absolute atomic E-state index is 0. The Morgan fingerprint density at radius 3 is 2.36 bits per heavy atom. The van der Waals surface area contributed by atoms with Crippen molar-refractivity contribution in [3.8, 4) is 0 Å². The molecule has 148 valence electrons. The van der Waals surface area contributed by atoms with Crippen molar-refractivity contribution in [2.45, 2.75) is 45.1 Å². The summed E-state index contributed by atoms with van der Waals surface area (Å²) in [4.78, 5) is 28.2. The highest BCUT2D eigenvalue weighted by Gasteiger charge is 2.24. The molecule has 0 aromatic carbocycles. The van der Waals surface area contributed by atoms with Crippen LogP contribution >= 0.6 is 24.8 Å². The maximum absolute atomic E-state index is 12.2. The van der Waals surface area contributed by atoms with E-state index in [2.05, 4.69) is 22.5 Å². The van der Waals surface area contributed by atoms with E-state index in [0.717, 1.165) is 51.5 Å². The quantitative estimate of drug-likeness (QED) is 0.709. The summed E-state index contributed by atoms with van der Waals surface area (Å²) in [5.41, 5.74) is 0. The van der Waals surface area contributed by atoms with Crippen molar-refractivity contribution >= 4 is 36.6 Å². The Kier molecular flexibility index (Phi) is 12.5. The molecule has 2 atom stereocenters. The van der Waals surface area contributed by atoms with Gasteiger partial charge in [-0.2, -0.15) is 0 Å². The Labute approximate surface area is 164 Å². The minimum Gasteiger partial charge on any atom is -0.352 e. The average molecular weight is 397 g/mol. The number of rotatable bonds is 6. The van der Waals surface area contributed by atoms with Crippen molar-refractivity contribution < 1.29 is 9.59 Å². The molecule has 1 aliphatic carbocycles. The van der Waals surface area contributed by atoms with E-state index < -0.39 is 0 Å². The first-order valence-corrected chi connectivity index (χ1v) is 9.02. The maximum atomic E-state index is 12.2. The largest absolute Gasteiger partial charge is 0.352 e. The molecule has 8 heteroatoms. The molecule has 0 radical (unpaired) electrons. The molecular weight excluding hydrogens is 363 g/mol. The van der Waals surface area contributed by atoms with Crippen molar-refractivity contribution in [2.75, 3.05) is 46.3 Å². The Bertz CT molecular complexity index is 404. The van der Waals surface area contributed by atoms with Crippen LogP contribution in [-0.4, -0.2) is 74.0 Å². The van der Waals surface area contributed by atoms with Crippen molar-refractivity contribution in [1.29, 1.82) is 0 Å². The van der Waals surface area contributed by atoms with E-state index in [1.807, 2.05) is 11.9 Å². The van der Waals surface area contributed by atoms with E-state index in [1.54, 1.807) is 0 Å². The molecule has 2 amide bonds. The summed E-state index contributed by atoms with van der Waals surface area (Å²) in [6.07, 6.45) is 5.29. The highest BCUT2D eigenvalue weighted by molar-refractivity contribution is 5.85. The van der Waals surface area contributed by atoms with Crippen LogP contribution in [0.5, 0.6) is 0 Å². The Morgan fingerprint density at radius 2 is 1.76 bits per heavy atom. The van der Waals surface area contributed by atoms with Gasteiger partial charge < -0.3 is 15.5 Å². The second-order valence-corrected chi connectivity index (χ2v) is 7.05. The van der Waals surface area contributed by atoms with E-state index in [4.69, 9.17) is 0 Å². The number of nitrogens with one attached hydrogen (secondary N) is 2. The van der Waals surface area contributed by atoms with Gasteiger partial charge in [-0.05, 0) is 25.8 Å². The number of piperazine rings is 1. The predicted molar refractivity (Wildman–Crippen MR) is 106 cm³/mol. The fourth-order valence-electron chi connectivity index (χ4n) is 3.59. The van der Waals surface area contributed by atoms with Crippen LogP contribution in [0, 0.1) is 5.92 Å². The van der Waals surface area contributed by atoms with Gasteiger partial charge in [0, 0.05) is 45.2 Å². The molecule has 2 fully saturated rings. The number of hydrogen-bond donors (Lipinski definition) is 2. The zero-order valence-corrected chi connectivity index (χ0v) is 17.1. The van der Waals surface area contributed by atoms with E-state index in [-0.39, 0.29) is 36.6 Å². The molecule has 1 aliphatic heterocycles. The molecule has 1 saturated heterocycles. The van der Waals surface area contributed by atoms with Gasteiger partial charge in [0.05, 0.1) is 6.54 Å². The summed E-state index contributed by atoms with van der Waals surface area (Å²) in [5.74, 6) is 1.07. The smallest absolute Gasteiger partial charge is 0.234 e. The van der Waals surface area contributed by atoms with Crippen LogP contribution in [0.2, 0.25) is 0 Å². The molecule has 0 aromatic heterocycles. The van der Waals surface area contributed by atoms with Gasteiger partial charge in [-0.15, -0.1) is 24.8 Å². The summed E-state index contributed by atoms with van der Waals surface area (Å²) < 4.78 is 0. The number of hydrogen-bond acceptors (Lipinski definition) is 4. The fraction of sp³-hybridized carbons (Fsp3) is 0.882. The lowest BCUT2D eigenvalue weighted by Crippen LogP contribution is -2.52. The first kappa shape index (κ1) is 24.4. The van der Waals surface area contributed by atoms with E-state index >= 15 is 0 Å². The molecule has 0 spiro atoms. The standard InChI is InChI=1S/C17H32N4O2.2ClH/c1-14-4-3-5-15(12-14)19-16(22)13-20-8-10-21(11-9-20)17(23)6-7-18-2;;/h14-15,18H,3-13H2,1-2H3,(H,19,22);2*1H. The zero-order valence-electron chi connectivity index (χ0n) is 15.5. The fourth-order valence-corrected chi connectivity index (χ4v) is 3.59. The third-order valence-corrected chi connectivity index (χ3v) is 4.98. The zero-order chi connectivity index (χ0) is 16.7. The van der Waals surface area contributed by atoms with E-state index in [1.165, 1.54) is 12.8 Å². The van der Waals surface area contributed by atoms with Gasteiger partial charge in [0.2, 0.25) is 11.8 Å². The van der Waals surface area contributed by atoms with Crippen molar-refractivity contribution in [3.05, 3.63) is 0 Å². The van der Waals surface area contributed by atoms with Gasteiger partial charge in [0.25, 0.3) is 0 Å². The lowest BCUT2D eigenvalue weighted by Gasteiger charge is -2.35. The lowest BCUT2D eigenvalue weighted by atomic mass is 9.87. The second kappa shape index (κ2) is 12.7. The topological polar surface area (TPSA) is 64.7 Å². The van der Waals surface area contributed by atoms with Gasteiger partial charge in [0.15, 0.2) is 0 Å². The summed E-state index contributed by atoms with van der Waals surface area (Å²) in [6.45, 7) is 6.50. The van der Waals surface area contributed by atoms with Crippen molar-refractivity contribution in [3.63, 3.8) is 0 Å². The molecular formula is C17H34Cl2N4O2. The van der Waals surface area contributed by atoms with Crippen LogP contribution < -0.4 is 10.6 Å². The SMILES string of the molecule is CNCCC(=O)N1CCN(CC(=O)NC2CCCC(C)C2)CC1.Cl.Cl. The number of carbonyl (C=O) groups is 2. The van der Waals surface area contributed by atoms with Crippen molar-refractivity contribution in [2.24, 2.45) is 5.92 Å². The molecule has 2 unspecified atom stereocenters. The number of amides is 2. The third kappa shape index (κ3) is 8.58. The Hall–Kier alpha value is -0.560. The molecule has 1 saturated carbocycles. The number of nitrogens with zero attached hydrogens (tertiary/aromatic N) is 2. The molecule has 0 bridgehead atoms. The van der Waals surface area contributed by atoms with Crippen LogP contribution in [0.4, 0.5) is 0 Å². The molecule has 1 heterocycles.